The molecule has 0 bridgehead atoms. The van der Waals surface area contributed by atoms with E-state index in [-0.39, 0.29) is 12.1 Å². The van der Waals surface area contributed by atoms with Crippen LogP contribution in [0, 0.1) is 0 Å². The van der Waals surface area contributed by atoms with Gasteiger partial charge in [-0.3, -0.25) is 0 Å². The molecule has 21 heavy (non-hydrogen) atoms. The molecule has 0 spiro atoms. The third-order valence-corrected chi connectivity index (χ3v) is 3.78. The summed E-state index contributed by atoms with van der Waals surface area (Å²) in [4.78, 5) is 0. The molecule has 3 nitrogen and oxygen atoms in total. The Kier molecular flexibility index (Phi) is 5.31. The molecule has 0 saturated carbocycles. The Morgan fingerprint density at radius 3 is 2.67 bits per heavy atom. The second kappa shape index (κ2) is 6.82. The maximum atomic E-state index is 8.94. The number of rotatable bonds is 6. The molecule has 1 aromatic carbocycles. The van der Waals surface area contributed by atoms with Crippen molar-refractivity contribution < 1.29 is 5.11 Å². The molecule has 0 aliphatic heterocycles. The number of fused-ring (bicyclic) bond motifs is 1. The minimum Gasteiger partial charge on any atom is -0.396 e. The average Bonchev–Trinajstić information content (AvgIpc) is 2.74. The molecule has 0 atom stereocenters. The maximum Gasteiger partial charge on any atom is 0.0498 e. The smallest absolute Gasteiger partial charge is 0.0498 e. The molecular weight excluding hydrogens is 284 g/mol. The molecule has 2 N–H and O–H groups in total. The highest BCUT2D eigenvalue weighted by Crippen LogP contribution is 2.25. The van der Waals surface area contributed by atoms with E-state index in [9.17, 15) is 0 Å². The van der Waals surface area contributed by atoms with Crippen molar-refractivity contribution in [2.24, 2.45) is 0 Å². The van der Waals surface area contributed by atoms with Crippen molar-refractivity contribution in [3.05, 3.63) is 35.0 Å². The van der Waals surface area contributed by atoms with Crippen LogP contribution in [0.3, 0.4) is 0 Å². The number of nitrogens with one attached hydrogen (secondary N) is 1. The van der Waals surface area contributed by atoms with E-state index in [1.54, 1.807) is 0 Å². The molecule has 0 fully saturated rings. The van der Waals surface area contributed by atoms with Gasteiger partial charge in [0.1, 0.15) is 0 Å². The molecule has 0 radical (unpaired) electrons. The Morgan fingerprint density at radius 2 is 2.00 bits per heavy atom. The number of hydrogen-bond donors (Lipinski definition) is 2. The Morgan fingerprint density at radius 1 is 1.24 bits per heavy atom. The van der Waals surface area contributed by atoms with Crippen LogP contribution in [0.2, 0.25) is 5.02 Å². The van der Waals surface area contributed by atoms with Gasteiger partial charge >= 0.3 is 0 Å². The summed E-state index contributed by atoms with van der Waals surface area (Å²) in [5.41, 5.74) is 2.56. The first-order valence-electron chi connectivity index (χ1n) is 7.54. The lowest BCUT2D eigenvalue weighted by Gasteiger charge is -2.20. The van der Waals surface area contributed by atoms with Gasteiger partial charge in [0.2, 0.25) is 0 Å². The Balaban J connectivity index is 2.28. The van der Waals surface area contributed by atoms with E-state index in [4.69, 9.17) is 16.7 Å². The zero-order valence-corrected chi connectivity index (χ0v) is 13.9. The van der Waals surface area contributed by atoms with E-state index >= 15 is 0 Å². The number of aliphatic hydroxyl groups excluding tert-OH is 1. The summed E-state index contributed by atoms with van der Waals surface area (Å²) in [6, 6.07) is 6.07. The van der Waals surface area contributed by atoms with Crippen LogP contribution in [-0.4, -0.2) is 21.8 Å². The van der Waals surface area contributed by atoms with Crippen LogP contribution in [0.25, 0.3) is 10.9 Å². The van der Waals surface area contributed by atoms with Crippen molar-refractivity contribution in [1.82, 2.24) is 9.88 Å². The Labute approximate surface area is 131 Å². The van der Waals surface area contributed by atoms with E-state index in [0.717, 1.165) is 31.0 Å². The fourth-order valence-electron chi connectivity index (χ4n) is 2.42. The summed E-state index contributed by atoms with van der Waals surface area (Å²) in [7, 11) is 0. The lowest BCUT2D eigenvalue weighted by molar-refractivity contribution is 0.281. The van der Waals surface area contributed by atoms with Crippen molar-refractivity contribution in [3.63, 3.8) is 0 Å². The summed E-state index contributed by atoms with van der Waals surface area (Å²) < 4.78 is 2.25. The van der Waals surface area contributed by atoms with Crippen LogP contribution >= 0.6 is 11.6 Å². The number of aromatic nitrogens is 1. The van der Waals surface area contributed by atoms with Gasteiger partial charge in [-0.2, -0.15) is 0 Å². The van der Waals surface area contributed by atoms with Crippen molar-refractivity contribution in [1.29, 1.82) is 0 Å². The second-order valence-electron chi connectivity index (χ2n) is 6.54. The summed E-state index contributed by atoms with van der Waals surface area (Å²) in [6.45, 7) is 8.51. The highest BCUT2D eigenvalue weighted by Gasteiger charge is 2.13. The first kappa shape index (κ1) is 16.3. The van der Waals surface area contributed by atoms with Gasteiger partial charge in [-0.15, -0.1) is 0 Å². The molecule has 4 heteroatoms. The molecule has 0 aliphatic carbocycles. The Bertz CT molecular complexity index is 599. The molecule has 1 aromatic heterocycles. The number of halogens is 1. The van der Waals surface area contributed by atoms with Crippen molar-refractivity contribution >= 4 is 22.5 Å². The third-order valence-electron chi connectivity index (χ3n) is 3.54. The molecule has 116 valence electrons. The van der Waals surface area contributed by atoms with Crippen molar-refractivity contribution in [2.45, 2.75) is 52.2 Å². The van der Waals surface area contributed by atoms with E-state index < -0.39 is 0 Å². The first-order valence-corrected chi connectivity index (χ1v) is 7.92. The first-order chi connectivity index (χ1) is 9.90. The van der Waals surface area contributed by atoms with Gasteiger partial charge in [-0.05, 0) is 51.3 Å². The predicted octanol–water partition coefficient (Wildman–Crippen LogP) is 3.96. The van der Waals surface area contributed by atoms with Crippen LogP contribution in [0.1, 0.15) is 39.2 Å². The number of nitrogens with zero attached hydrogens (tertiary/aromatic N) is 1. The largest absolute Gasteiger partial charge is 0.396 e. The number of unbranched alkanes of at least 4 members (excludes halogenated alkanes) is 1. The van der Waals surface area contributed by atoms with Gasteiger partial charge in [0.05, 0.1) is 0 Å². The fraction of sp³-hybridized carbons (Fsp3) is 0.529. The standard InChI is InChI=1S/C17H25ClN2O/c1-17(2,3)19-11-13-12-20(8-4-5-9-21)16-10-14(18)6-7-15(13)16/h6-7,10,12,19,21H,4-5,8-9,11H2,1-3H3. The molecule has 0 amide bonds. The number of benzene rings is 1. The fourth-order valence-corrected chi connectivity index (χ4v) is 2.59. The molecule has 1 heterocycles. The van der Waals surface area contributed by atoms with Gasteiger partial charge in [-0.1, -0.05) is 17.7 Å². The zero-order chi connectivity index (χ0) is 15.5. The van der Waals surface area contributed by atoms with Gasteiger partial charge in [-0.25, -0.2) is 0 Å². The van der Waals surface area contributed by atoms with Crippen LogP contribution in [-0.2, 0) is 13.1 Å². The number of aryl methyl sites for hydroxylation is 1. The molecule has 0 unspecified atom stereocenters. The lowest BCUT2D eigenvalue weighted by Crippen LogP contribution is -2.34. The van der Waals surface area contributed by atoms with Crippen molar-refractivity contribution in [2.75, 3.05) is 6.61 Å². The normalized spacial score (nSPS) is 12.2. The van der Waals surface area contributed by atoms with Gasteiger partial charge in [0, 0.05) is 47.4 Å². The molecule has 0 aliphatic rings. The Hall–Kier alpha value is -1.03. The van der Waals surface area contributed by atoms with E-state index in [1.807, 2.05) is 12.1 Å². The van der Waals surface area contributed by atoms with Crippen LogP contribution < -0.4 is 5.32 Å². The van der Waals surface area contributed by atoms with Crippen LogP contribution in [0.4, 0.5) is 0 Å². The summed E-state index contributed by atoms with van der Waals surface area (Å²) in [5.74, 6) is 0. The highest BCUT2D eigenvalue weighted by molar-refractivity contribution is 6.31. The number of hydrogen-bond acceptors (Lipinski definition) is 2. The summed E-state index contributed by atoms with van der Waals surface area (Å²) >= 11 is 6.14. The van der Waals surface area contributed by atoms with E-state index in [1.165, 1.54) is 16.5 Å². The quantitative estimate of drug-likeness (QED) is 0.793. The van der Waals surface area contributed by atoms with Gasteiger partial charge in [0.15, 0.2) is 0 Å². The highest BCUT2D eigenvalue weighted by atomic mass is 35.5. The van der Waals surface area contributed by atoms with Crippen LogP contribution in [0.5, 0.6) is 0 Å². The second-order valence-corrected chi connectivity index (χ2v) is 6.98. The minimum absolute atomic E-state index is 0.0950. The topological polar surface area (TPSA) is 37.2 Å². The summed E-state index contributed by atoms with van der Waals surface area (Å²) in [5, 5.41) is 14.5. The number of aliphatic hydroxyl groups is 1. The zero-order valence-electron chi connectivity index (χ0n) is 13.1. The van der Waals surface area contributed by atoms with Gasteiger partial charge < -0.3 is 15.0 Å². The molecule has 2 rings (SSSR count). The van der Waals surface area contributed by atoms with Gasteiger partial charge in [0.25, 0.3) is 0 Å². The molecular formula is C17H25ClN2O. The predicted molar refractivity (Wildman–Crippen MR) is 89.9 cm³/mol. The average molecular weight is 309 g/mol. The molecule has 2 aromatic rings. The minimum atomic E-state index is 0.0950. The van der Waals surface area contributed by atoms with E-state index in [2.05, 4.69) is 42.9 Å². The third kappa shape index (κ3) is 4.47. The van der Waals surface area contributed by atoms with Crippen LogP contribution in [0.15, 0.2) is 24.4 Å². The maximum absolute atomic E-state index is 8.94. The van der Waals surface area contributed by atoms with Crippen molar-refractivity contribution in [3.8, 4) is 0 Å². The lowest BCUT2D eigenvalue weighted by atomic mass is 10.1. The molecule has 0 saturated heterocycles. The SMILES string of the molecule is CC(C)(C)NCc1cn(CCCCO)c2cc(Cl)ccc12. The monoisotopic (exact) mass is 308 g/mol. The summed E-state index contributed by atoms with van der Waals surface area (Å²) in [6.07, 6.45) is 4.01. The van der Waals surface area contributed by atoms with E-state index in [0.29, 0.717) is 0 Å².